The molecule has 1 aromatic carbocycles. The summed E-state index contributed by atoms with van der Waals surface area (Å²) in [5.41, 5.74) is 0.326. The minimum absolute atomic E-state index is 0.190. The zero-order valence-electron chi connectivity index (χ0n) is 5.70. The first-order valence-electron chi connectivity index (χ1n) is 2.98. The third-order valence-corrected chi connectivity index (χ3v) is 1.22. The van der Waals surface area contributed by atoms with E-state index in [-0.39, 0.29) is 11.5 Å². The molecule has 0 amide bonds. The summed E-state index contributed by atoms with van der Waals surface area (Å²) in [7, 11) is 0. The molecule has 3 heteroatoms. The second-order valence-electron chi connectivity index (χ2n) is 1.94. The first-order chi connectivity index (χ1) is 5.25. The molecular weight excluding hydrogens is 142 g/mol. The highest BCUT2D eigenvalue weighted by Gasteiger charge is 2.02. The van der Waals surface area contributed by atoms with Gasteiger partial charge in [0.15, 0.2) is 11.5 Å². The van der Waals surface area contributed by atoms with Crippen molar-refractivity contribution in [3.63, 3.8) is 0 Å². The Kier molecular flexibility index (Phi) is 1.88. The molecule has 0 heterocycles. The number of hydrogen-bond acceptors (Lipinski definition) is 3. The van der Waals surface area contributed by atoms with Crippen LogP contribution in [0.1, 0.15) is 0 Å². The summed E-state index contributed by atoms with van der Waals surface area (Å²) >= 11 is 0. The molecule has 0 aliphatic heterocycles. The molecule has 11 heavy (non-hydrogen) atoms. The van der Waals surface area contributed by atoms with Gasteiger partial charge in [-0.3, -0.25) is 0 Å². The fourth-order valence-electron chi connectivity index (χ4n) is 0.710. The molecule has 56 valence electrons. The van der Waals surface area contributed by atoms with Gasteiger partial charge in [0.1, 0.15) is 0 Å². The third kappa shape index (κ3) is 1.36. The lowest BCUT2D eigenvalue weighted by atomic mass is 10.3. The van der Waals surface area contributed by atoms with Crippen molar-refractivity contribution in [2.75, 3.05) is 5.32 Å². The molecule has 0 aliphatic carbocycles. The number of terminal acetylenes is 1. The molecule has 0 saturated carbocycles. The van der Waals surface area contributed by atoms with Crippen LogP contribution < -0.4 is 5.32 Å². The highest BCUT2D eigenvalue weighted by molar-refractivity contribution is 5.63. The van der Waals surface area contributed by atoms with Crippen LogP contribution in [0.4, 0.5) is 5.69 Å². The molecule has 0 fully saturated rings. The third-order valence-electron chi connectivity index (χ3n) is 1.22. The van der Waals surface area contributed by atoms with Gasteiger partial charge in [-0.15, -0.1) is 0 Å². The molecule has 0 saturated heterocycles. The van der Waals surface area contributed by atoms with Crippen LogP contribution in [-0.2, 0) is 0 Å². The van der Waals surface area contributed by atoms with Crippen molar-refractivity contribution in [2.45, 2.75) is 0 Å². The molecule has 0 bridgehead atoms. The van der Waals surface area contributed by atoms with Gasteiger partial charge in [-0.05, 0) is 12.1 Å². The normalized spacial score (nSPS) is 8.64. The maximum Gasteiger partial charge on any atom is 0.182 e. The lowest BCUT2D eigenvalue weighted by Gasteiger charge is -2.02. The smallest absolute Gasteiger partial charge is 0.182 e. The number of anilines is 1. The van der Waals surface area contributed by atoms with E-state index in [4.69, 9.17) is 16.6 Å². The van der Waals surface area contributed by atoms with Crippen molar-refractivity contribution in [1.29, 1.82) is 0 Å². The highest BCUT2D eigenvalue weighted by Crippen LogP contribution is 2.31. The Balaban J connectivity index is 3.08. The summed E-state index contributed by atoms with van der Waals surface area (Å²) in [6.07, 6.45) is 4.93. The quantitative estimate of drug-likeness (QED) is 0.318. The van der Waals surface area contributed by atoms with Gasteiger partial charge in [0.05, 0.1) is 5.69 Å². The Bertz CT molecular complexity index is 301. The van der Waals surface area contributed by atoms with E-state index in [0.29, 0.717) is 5.69 Å². The van der Waals surface area contributed by atoms with E-state index in [1.54, 1.807) is 12.1 Å². The fraction of sp³-hybridized carbons (Fsp3) is 0. The lowest BCUT2D eigenvalue weighted by Crippen LogP contribution is -1.86. The first-order valence-corrected chi connectivity index (χ1v) is 2.98. The fourth-order valence-corrected chi connectivity index (χ4v) is 0.710. The number of aromatic hydroxyl groups is 2. The number of para-hydroxylation sites is 1. The van der Waals surface area contributed by atoms with Crippen LogP contribution >= 0.6 is 0 Å². The van der Waals surface area contributed by atoms with Gasteiger partial charge in [-0.25, -0.2) is 0 Å². The van der Waals surface area contributed by atoms with Gasteiger partial charge in [-0.2, -0.15) is 0 Å². The van der Waals surface area contributed by atoms with Crippen LogP contribution in [0.2, 0.25) is 0 Å². The summed E-state index contributed by atoms with van der Waals surface area (Å²) in [6, 6.07) is 6.65. The largest absolute Gasteiger partial charge is 0.504 e. The Hall–Kier alpha value is -1.82. The van der Waals surface area contributed by atoms with Crippen LogP contribution in [0.15, 0.2) is 18.2 Å². The molecule has 0 aliphatic rings. The monoisotopic (exact) mass is 149 g/mol. The van der Waals surface area contributed by atoms with Gasteiger partial charge in [0.2, 0.25) is 0 Å². The first kappa shape index (κ1) is 7.29. The van der Waals surface area contributed by atoms with Crippen LogP contribution in [0.5, 0.6) is 11.5 Å². The summed E-state index contributed by atoms with van der Waals surface area (Å²) < 4.78 is 0. The maximum atomic E-state index is 9.12. The molecular formula is C8H7NO2. The number of nitrogens with one attached hydrogen (secondary N) is 1. The number of phenolic OH excluding ortho intramolecular Hbond substituents is 2. The van der Waals surface area contributed by atoms with Crippen LogP contribution in [0, 0.1) is 12.5 Å². The second-order valence-corrected chi connectivity index (χ2v) is 1.94. The molecule has 0 radical (unpaired) electrons. The average Bonchev–Trinajstić information content (AvgIpc) is 1.99. The SMILES string of the molecule is C#CNc1cccc(O)c1O. The van der Waals surface area contributed by atoms with E-state index in [0.717, 1.165) is 0 Å². The standard InChI is InChI=1S/C8H7NO2/c1-2-9-6-4-3-5-7(10)8(6)11/h1,3-5,9-11H. The van der Waals surface area contributed by atoms with Crippen molar-refractivity contribution in [2.24, 2.45) is 0 Å². The average molecular weight is 149 g/mol. The molecule has 0 spiro atoms. The summed E-state index contributed by atoms with van der Waals surface area (Å²) in [5.74, 6) is -0.421. The Morgan fingerprint density at radius 2 is 2.09 bits per heavy atom. The Morgan fingerprint density at radius 1 is 1.36 bits per heavy atom. The van der Waals surface area contributed by atoms with Crippen LogP contribution in [0.25, 0.3) is 0 Å². The van der Waals surface area contributed by atoms with Crippen molar-refractivity contribution >= 4 is 5.69 Å². The number of hydrogen-bond donors (Lipinski definition) is 3. The molecule has 0 unspecified atom stereocenters. The predicted molar refractivity (Wildman–Crippen MR) is 42.2 cm³/mol. The number of rotatable bonds is 1. The van der Waals surface area contributed by atoms with Crippen molar-refractivity contribution in [3.8, 4) is 24.0 Å². The lowest BCUT2D eigenvalue weighted by molar-refractivity contribution is 0.405. The minimum Gasteiger partial charge on any atom is -0.504 e. The topological polar surface area (TPSA) is 52.5 Å². The van der Waals surface area contributed by atoms with Crippen molar-refractivity contribution in [1.82, 2.24) is 0 Å². The Labute approximate surface area is 64.3 Å². The van der Waals surface area contributed by atoms with E-state index >= 15 is 0 Å². The highest BCUT2D eigenvalue weighted by atomic mass is 16.3. The molecule has 0 atom stereocenters. The van der Waals surface area contributed by atoms with Crippen molar-refractivity contribution < 1.29 is 10.2 Å². The van der Waals surface area contributed by atoms with E-state index < -0.39 is 0 Å². The number of phenols is 2. The molecule has 3 N–H and O–H groups in total. The summed E-state index contributed by atoms with van der Waals surface area (Å²) in [4.78, 5) is 0. The van der Waals surface area contributed by atoms with Gasteiger partial charge in [0, 0.05) is 6.04 Å². The molecule has 0 aromatic heterocycles. The van der Waals surface area contributed by atoms with Gasteiger partial charge < -0.3 is 15.5 Å². The molecule has 1 rings (SSSR count). The van der Waals surface area contributed by atoms with E-state index in [2.05, 4.69) is 11.4 Å². The maximum absolute atomic E-state index is 9.12. The molecule has 1 aromatic rings. The Morgan fingerprint density at radius 3 is 2.73 bits per heavy atom. The number of benzene rings is 1. The zero-order valence-corrected chi connectivity index (χ0v) is 5.70. The van der Waals surface area contributed by atoms with Gasteiger partial charge >= 0.3 is 0 Å². The minimum atomic E-state index is -0.231. The van der Waals surface area contributed by atoms with Gasteiger partial charge in [-0.1, -0.05) is 12.5 Å². The van der Waals surface area contributed by atoms with Gasteiger partial charge in [0.25, 0.3) is 0 Å². The summed E-state index contributed by atoms with van der Waals surface area (Å²) in [5, 5.41) is 20.5. The summed E-state index contributed by atoms with van der Waals surface area (Å²) in [6.45, 7) is 0. The van der Waals surface area contributed by atoms with Crippen LogP contribution in [-0.4, -0.2) is 10.2 Å². The van der Waals surface area contributed by atoms with E-state index in [1.807, 2.05) is 0 Å². The predicted octanol–water partition coefficient (Wildman–Crippen LogP) is 1.10. The van der Waals surface area contributed by atoms with E-state index in [9.17, 15) is 0 Å². The van der Waals surface area contributed by atoms with Crippen molar-refractivity contribution in [3.05, 3.63) is 18.2 Å². The van der Waals surface area contributed by atoms with E-state index in [1.165, 1.54) is 6.07 Å². The second kappa shape index (κ2) is 2.84. The van der Waals surface area contributed by atoms with Crippen LogP contribution in [0.3, 0.4) is 0 Å². The zero-order chi connectivity index (χ0) is 8.27. The molecule has 3 nitrogen and oxygen atoms in total.